The monoisotopic (exact) mass is 411 g/mol. The molecule has 2 heterocycles. The largest absolute Gasteiger partial charge is 0.379 e. The van der Waals surface area contributed by atoms with Crippen LogP contribution >= 0.6 is 0 Å². The van der Waals surface area contributed by atoms with E-state index < -0.39 is 0 Å². The van der Waals surface area contributed by atoms with Gasteiger partial charge in [0.15, 0.2) is 5.96 Å². The standard InChI is InChI=1S/C23H33N5O2/c1-3-24-23(25-16-19(2)27-12-14-30-15-13-27)26-17-20-7-9-21(10-8-20)18-28-11-5-4-6-22(28)29/h4-11,19H,3,12-18H2,1-2H3,(H2,24,25,26). The number of hydrogen-bond acceptors (Lipinski definition) is 4. The lowest BCUT2D eigenvalue weighted by atomic mass is 10.1. The van der Waals surface area contributed by atoms with Crippen LogP contribution in [0.25, 0.3) is 0 Å². The van der Waals surface area contributed by atoms with Gasteiger partial charge in [0.2, 0.25) is 0 Å². The molecule has 162 valence electrons. The number of benzene rings is 1. The number of rotatable bonds is 8. The maximum atomic E-state index is 11.9. The van der Waals surface area contributed by atoms with Gasteiger partial charge in [-0.05, 0) is 31.0 Å². The molecule has 7 heteroatoms. The van der Waals surface area contributed by atoms with E-state index in [1.165, 1.54) is 0 Å². The predicted molar refractivity (Wildman–Crippen MR) is 121 cm³/mol. The molecule has 1 aromatic carbocycles. The van der Waals surface area contributed by atoms with Crippen molar-refractivity contribution in [1.82, 2.24) is 20.1 Å². The van der Waals surface area contributed by atoms with Crippen LogP contribution in [-0.2, 0) is 17.8 Å². The number of hydrogen-bond donors (Lipinski definition) is 2. The van der Waals surface area contributed by atoms with E-state index in [9.17, 15) is 4.79 Å². The van der Waals surface area contributed by atoms with Crippen LogP contribution in [0.2, 0.25) is 0 Å². The zero-order valence-electron chi connectivity index (χ0n) is 18.0. The van der Waals surface area contributed by atoms with E-state index in [2.05, 4.69) is 53.6 Å². The van der Waals surface area contributed by atoms with Crippen LogP contribution in [-0.4, -0.2) is 60.9 Å². The summed E-state index contributed by atoms with van der Waals surface area (Å²) >= 11 is 0. The molecular formula is C23H33N5O2. The van der Waals surface area contributed by atoms with Gasteiger partial charge in [-0.1, -0.05) is 30.3 Å². The lowest BCUT2D eigenvalue weighted by Crippen LogP contribution is -2.49. The predicted octanol–water partition coefficient (Wildman–Crippen LogP) is 1.67. The Morgan fingerprint density at radius 1 is 1.10 bits per heavy atom. The molecule has 7 nitrogen and oxygen atoms in total. The van der Waals surface area contributed by atoms with E-state index in [1.807, 2.05) is 12.3 Å². The molecule has 0 amide bonds. The van der Waals surface area contributed by atoms with Crippen LogP contribution in [0.4, 0.5) is 0 Å². The molecule has 1 fully saturated rings. The summed E-state index contributed by atoms with van der Waals surface area (Å²) in [5.41, 5.74) is 2.25. The molecule has 0 bridgehead atoms. The molecule has 1 aliphatic rings. The number of aromatic nitrogens is 1. The normalized spacial score (nSPS) is 16.3. The number of ether oxygens (including phenoxy) is 1. The number of aliphatic imine (C=N–C) groups is 1. The molecule has 2 aromatic rings. The van der Waals surface area contributed by atoms with Crippen molar-refractivity contribution in [2.45, 2.75) is 33.0 Å². The lowest BCUT2D eigenvalue weighted by molar-refractivity contribution is 0.0211. The van der Waals surface area contributed by atoms with Gasteiger partial charge >= 0.3 is 0 Å². The van der Waals surface area contributed by atoms with E-state index in [-0.39, 0.29) is 5.56 Å². The van der Waals surface area contributed by atoms with Crippen LogP contribution in [0.5, 0.6) is 0 Å². The molecule has 30 heavy (non-hydrogen) atoms. The molecule has 0 radical (unpaired) electrons. The summed E-state index contributed by atoms with van der Waals surface area (Å²) in [4.78, 5) is 19.0. The highest BCUT2D eigenvalue weighted by atomic mass is 16.5. The van der Waals surface area contributed by atoms with Crippen molar-refractivity contribution >= 4 is 5.96 Å². The number of guanidine groups is 1. The molecule has 3 rings (SSSR count). The summed E-state index contributed by atoms with van der Waals surface area (Å²) in [6.07, 6.45) is 1.81. The summed E-state index contributed by atoms with van der Waals surface area (Å²) in [6.45, 7) is 10.7. The average molecular weight is 412 g/mol. The zero-order valence-corrected chi connectivity index (χ0v) is 18.0. The van der Waals surface area contributed by atoms with E-state index in [1.54, 1.807) is 16.7 Å². The minimum absolute atomic E-state index is 0.0128. The first-order chi connectivity index (χ1) is 14.7. The molecule has 1 saturated heterocycles. The molecule has 1 unspecified atom stereocenters. The van der Waals surface area contributed by atoms with E-state index >= 15 is 0 Å². The fourth-order valence-corrected chi connectivity index (χ4v) is 3.44. The molecule has 0 spiro atoms. The summed E-state index contributed by atoms with van der Waals surface area (Å²) in [5, 5.41) is 6.78. The maximum Gasteiger partial charge on any atom is 0.250 e. The van der Waals surface area contributed by atoms with Crippen molar-refractivity contribution in [2.24, 2.45) is 4.99 Å². The highest BCUT2D eigenvalue weighted by molar-refractivity contribution is 5.79. The smallest absolute Gasteiger partial charge is 0.250 e. The van der Waals surface area contributed by atoms with Crippen molar-refractivity contribution in [3.05, 3.63) is 70.1 Å². The fraction of sp³-hybridized carbons (Fsp3) is 0.478. The SMILES string of the molecule is CCNC(=NCc1ccc(Cn2ccccc2=O)cc1)NCC(C)N1CCOCC1. The first-order valence-electron chi connectivity index (χ1n) is 10.7. The first-order valence-corrected chi connectivity index (χ1v) is 10.7. The van der Waals surface area contributed by atoms with E-state index in [0.29, 0.717) is 19.1 Å². The summed E-state index contributed by atoms with van der Waals surface area (Å²) in [5.74, 6) is 0.831. The summed E-state index contributed by atoms with van der Waals surface area (Å²) < 4.78 is 7.14. The second-order valence-electron chi connectivity index (χ2n) is 7.56. The highest BCUT2D eigenvalue weighted by Gasteiger charge is 2.16. The van der Waals surface area contributed by atoms with Crippen molar-refractivity contribution in [3.63, 3.8) is 0 Å². The Balaban J connectivity index is 1.53. The van der Waals surface area contributed by atoms with Gasteiger partial charge in [0.25, 0.3) is 5.56 Å². The summed E-state index contributed by atoms with van der Waals surface area (Å²) in [7, 11) is 0. The number of nitrogens with one attached hydrogen (secondary N) is 2. The molecule has 1 aliphatic heterocycles. The van der Waals surface area contributed by atoms with Crippen LogP contribution in [0.1, 0.15) is 25.0 Å². The van der Waals surface area contributed by atoms with Gasteiger partial charge in [-0.25, -0.2) is 4.99 Å². The van der Waals surface area contributed by atoms with Crippen molar-refractivity contribution in [2.75, 3.05) is 39.4 Å². The minimum atomic E-state index is 0.0128. The van der Waals surface area contributed by atoms with E-state index in [4.69, 9.17) is 9.73 Å². The molecule has 2 N–H and O–H groups in total. The Bertz CT molecular complexity index is 856. The van der Waals surface area contributed by atoms with Crippen LogP contribution in [0, 0.1) is 0 Å². The average Bonchev–Trinajstić information content (AvgIpc) is 2.78. The van der Waals surface area contributed by atoms with Gasteiger partial charge in [0, 0.05) is 44.5 Å². The van der Waals surface area contributed by atoms with Gasteiger partial charge in [0.1, 0.15) is 0 Å². The highest BCUT2D eigenvalue weighted by Crippen LogP contribution is 2.07. The second-order valence-corrected chi connectivity index (χ2v) is 7.56. The lowest BCUT2D eigenvalue weighted by Gasteiger charge is -2.32. The van der Waals surface area contributed by atoms with Gasteiger partial charge < -0.3 is 19.9 Å². The van der Waals surface area contributed by atoms with Crippen LogP contribution in [0.15, 0.2) is 58.4 Å². The van der Waals surface area contributed by atoms with Gasteiger partial charge in [-0.15, -0.1) is 0 Å². The Labute approximate surface area is 178 Å². The molecule has 1 atom stereocenters. The quantitative estimate of drug-likeness (QED) is 0.511. The maximum absolute atomic E-state index is 11.9. The van der Waals surface area contributed by atoms with E-state index in [0.717, 1.165) is 56.5 Å². The van der Waals surface area contributed by atoms with Crippen molar-refractivity contribution in [3.8, 4) is 0 Å². The van der Waals surface area contributed by atoms with Crippen LogP contribution in [0.3, 0.4) is 0 Å². The Hall–Kier alpha value is -2.64. The molecule has 1 aromatic heterocycles. The third-order valence-electron chi connectivity index (χ3n) is 5.27. The van der Waals surface area contributed by atoms with Crippen molar-refractivity contribution in [1.29, 1.82) is 0 Å². The number of nitrogens with zero attached hydrogens (tertiary/aromatic N) is 3. The summed E-state index contributed by atoms with van der Waals surface area (Å²) in [6, 6.07) is 13.9. The number of morpholine rings is 1. The fourth-order valence-electron chi connectivity index (χ4n) is 3.44. The van der Waals surface area contributed by atoms with Gasteiger partial charge in [-0.2, -0.15) is 0 Å². The van der Waals surface area contributed by atoms with Gasteiger partial charge in [0.05, 0.1) is 26.3 Å². The first kappa shape index (κ1) is 22.1. The Morgan fingerprint density at radius 2 is 1.83 bits per heavy atom. The Morgan fingerprint density at radius 3 is 2.53 bits per heavy atom. The number of pyridine rings is 1. The topological polar surface area (TPSA) is 70.9 Å². The van der Waals surface area contributed by atoms with Gasteiger partial charge in [-0.3, -0.25) is 9.69 Å². The molecule has 0 saturated carbocycles. The third-order valence-corrected chi connectivity index (χ3v) is 5.27. The molecule has 0 aliphatic carbocycles. The third kappa shape index (κ3) is 6.71. The van der Waals surface area contributed by atoms with Crippen molar-refractivity contribution < 1.29 is 4.74 Å². The van der Waals surface area contributed by atoms with Crippen LogP contribution < -0.4 is 16.2 Å². The zero-order chi connectivity index (χ0) is 21.2. The minimum Gasteiger partial charge on any atom is -0.379 e. The molecular weight excluding hydrogens is 378 g/mol. The second kappa shape index (κ2) is 11.5. The Kier molecular flexibility index (Phi) is 8.47.